The second kappa shape index (κ2) is 49.5. The van der Waals surface area contributed by atoms with Crippen LogP contribution in [0.5, 0.6) is 0 Å². The van der Waals surface area contributed by atoms with Crippen LogP contribution >= 0.6 is 0 Å². The van der Waals surface area contributed by atoms with Crippen molar-refractivity contribution < 1.29 is 0 Å². The van der Waals surface area contributed by atoms with Crippen molar-refractivity contribution in [2.75, 3.05) is 0 Å². The molecule has 0 saturated heterocycles. The predicted molar refractivity (Wildman–Crippen MR) is 116 cm³/mol. The summed E-state index contributed by atoms with van der Waals surface area (Å²) in [6, 6.07) is 0. The molecule has 142 valence electrons. The molecule has 0 nitrogen and oxygen atoms in total. The molecule has 0 fully saturated rings. The summed E-state index contributed by atoms with van der Waals surface area (Å²) < 4.78 is 0. The zero-order valence-corrected chi connectivity index (χ0v) is 20.8. The van der Waals surface area contributed by atoms with Gasteiger partial charge in [0.25, 0.3) is 0 Å². The molecule has 23 heavy (non-hydrogen) atoms. The first-order valence-corrected chi connectivity index (χ1v) is 10.3. The summed E-state index contributed by atoms with van der Waals surface area (Å²) in [5.74, 6) is 0. The van der Waals surface area contributed by atoms with Gasteiger partial charge in [0.2, 0.25) is 0 Å². The van der Waals surface area contributed by atoms with Gasteiger partial charge in [0.1, 0.15) is 0 Å². The maximum Gasteiger partial charge on any atom is 0 e. The van der Waals surface area contributed by atoms with Crippen molar-refractivity contribution in [1.82, 2.24) is 0 Å². The molecule has 0 aromatic heterocycles. The summed E-state index contributed by atoms with van der Waals surface area (Å²) in [5.41, 5.74) is 0. The van der Waals surface area contributed by atoms with Crippen LogP contribution in [0.1, 0.15) is 132 Å². The Morgan fingerprint density at radius 2 is 0.783 bits per heavy atom. The van der Waals surface area contributed by atoms with E-state index in [1.54, 1.807) is 0 Å². The van der Waals surface area contributed by atoms with E-state index in [4.69, 9.17) is 0 Å². The average molecular weight is 433 g/mol. The predicted octanol–water partition coefficient (Wildman–Crippen LogP) is 8.96. The molecule has 4 radical (unpaired) electrons. The standard InChI is InChI=1S/C10H20.3C4H10.Sn/c1-3-5-7-9-10-8-6-4-2;3*1-3-4-2;/h3H,1,4-10H2,2H3;3*3-4H2,1-2H3;. The van der Waals surface area contributed by atoms with Gasteiger partial charge in [-0.1, -0.05) is 125 Å². The summed E-state index contributed by atoms with van der Waals surface area (Å²) in [5, 5.41) is 0. The van der Waals surface area contributed by atoms with E-state index >= 15 is 0 Å². The minimum absolute atomic E-state index is 0. The van der Waals surface area contributed by atoms with Gasteiger partial charge < -0.3 is 0 Å². The fraction of sp³-hybridized carbons (Fsp3) is 0.909. The molecule has 0 bridgehead atoms. The number of hydrogen-bond acceptors (Lipinski definition) is 0. The molecule has 0 aliphatic heterocycles. The fourth-order valence-corrected chi connectivity index (χ4v) is 1.07. The third-order valence-corrected chi connectivity index (χ3v) is 3.26. The first-order chi connectivity index (χ1) is 10.7. The second-order valence-electron chi connectivity index (χ2n) is 5.85. The molecule has 0 unspecified atom stereocenters. The zero-order chi connectivity index (χ0) is 17.9. The van der Waals surface area contributed by atoms with Crippen LogP contribution in [0.15, 0.2) is 12.7 Å². The summed E-state index contributed by atoms with van der Waals surface area (Å²) in [6.07, 6.45) is 19.5. The van der Waals surface area contributed by atoms with Gasteiger partial charge in [0.05, 0.1) is 0 Å². The van der Waals surface area contributed by atoms with E-state index in [0.717, 1.165) is 0 Å². The van der Waals surface area contributed by atoms with Crippen molar-refractivity contribution in [3.05, 3.63) is 12.7 Å². The van der Waals surface area contributed by atoms with E-state index in [-0.39, 0.29) is 23.9 Å². The summed E-state index contributed by atoms with van der Waals surface area (Å²) in [4.78, 5) is 0. The Labute approximate surface area is 168 Å². The van der Waals surface area contributed by atoms with Gasteiger partial charge in [0, 0.05) is 23.9 Å². The monoisotopic (exact) mass is 434 g/mol. The molecule has 0 spiro atoms. The quantitative estimate of drug-likeness (QED) is 0.183. The SMILES string of the molecule is C=CCCCCCCCC.CCCC.CCCC.CCCC.[Sn]. The average Bonchev–Trinajstić information content (AvgIpc) is 2.58. The van der Waals surface area contributed by atoms with Gasteiger partial charge in [-0.25, -0.2) is 0 Å². The van der Waals surface area contributed by atoms with Crippen LogP contribution in [-0.2, 0) is 0 Å². The Bertz CT molecular complexity index is 116. The van der Waals surface area contributed by atoms with E-state index in [9.17, 15) is 0 Å². The molecule has 1 heteroatoms. The Balaban J connectivity index is -0.0000000700. The Kier molecular flexibility index (Phi) is 74.8. The topological polar surface area (TPSA) is 0 Å². The first-order valence-electron chi connectivity index (χ1n) is 10.3. The van der Waals surface area contributed by atoms with E-state index in [0.29, 0.717) is 0 Å². The Morgan fingerprint density at radius 3 is 1.04 bits per heavy atom. The Morgan fingerprint density at radius 1 is 0.478 bits per heavy atom. The van der Waals surface area contributed by atoms with Crippen molar-refractivity contribution >= 4 is 23.9 Å². The van der Waals surface area contributed by atoms with E-state index in [2.05, 4.69) is 55.0 Å². The second-order valence-corrected chi connectivity index (χ2v) is 5.85. The maximum atomic E-state index is 3.69. The minimum Gasteiger partial charge on any atom is -0.103 e. The smallest absolute Gasteiger partial charge is 0 e. The molecule has 0 N–H and O–H groups in total. The van der Waals surface area contributed by atoms with Gasteiger partial charge in [-0.15, -0.1) is 6.58 Å². The van der Waals surface area contributed by atoms with Crippen LogP contribution in [0.25, 0.3) is 0 Å². The van der Waals surface area contributed by atoms with Gasteiger partial charge in [-0.2, -0.15) is 0 Å². The van der Waals surface area contributed by atoms with E-state index in [1.807, 2.05) is 6.08 Å². The first kappa shape index (κ1) is 34.8. The molecule has 0 aromatic rings. The van der Waals surface area contributed by atoms with Gasteiger partial charge >= 0.3 is 0 Å². The largest absolute Gasteiger partial charge is 0.103 e. The number of allylic oxidation sites excluding steroid dienone is 1. The van der Waals surface area contributed by atoms with Crippen molar-refractivity contribution in [2.45, 2.75) is 132 Å². The molecule has 0 aliphatic rings. The summed E-state index contributed by atoms with van der Waals surface area (Å²) >= 11 is 0. The van der Waals surface area contributed by atoms with Crippen LogP contribution in [0.4, 0.5) is 0 Å². The number of unbranched alkanes of at least 4 members (excludes halogenated alkanes) is 9. The number of rotatable bonds is 10. The third kappa shape index (κ3) is 85.6. The van der Waals surface area contributed by atoms with Crippen LogP contribution in [-0.4, -0.2) is 23.9 Å². The maximum absolute atomic E-state index is 3.69. The normalized spacial score (nSPS) is 8.13. The molecular weight excluding hydrogens is 383 g/mol. The molecule has 0 amide bonds. The zero-order valence-electron chi connectivity index (χ0n) is 18.0. The van der Waals surface area contributed by atoms with E-state index in [1.165, 1.54) is 83.5 Å². The summed E-state index contributed by atoms with van der Waals surface area (Å²) in [6.45, 7) is 19.0. The molecular formula is C22H50Sn. The van der Waals surface area contributed by atoms with Crippen molar-refractivity contribution in [2.24, 2.45) is 0 Å². The third-order valence-electron chi connectivity index (χ3n) is 3.26. The van der Waals surface area contributed by atoms with E-state index < -0.39 is 0 Å². The van der Waals surface area contributed by atoms with Gasteiger partial charge in [0.15, 0.2) is 0 Å². The minimum atomic E-state index is 0. The van der Waals surface area contributed by atoms with Crippen LogP contribution < -0.4 is 0 Å². The fourth-order valence-electron chi connectivity index (χ4n) is 1.07. The molecule has 0 aliphatic carbocycles. The Hall–Kier alpha value is 0.539. The van der Waals surface area contributed by atoms with Crippen molar-refractivity contribution in [3.63, 3.8) is 0 Å². The van der Waals surface area contributed by atoms with Gasteiger partial charge in [-0.3, -0.25) is 0 Å². The molecule has 0 aromatic carbocycles. The van der Waals surface area contributed by atoms with Crippen LogP contribution in [0.2, 0.25) is 0 Å². The molecule has 0 saturated carbocycles. The molecule has 0 atom stereocenters. The van der Waals surface area contributed by atoms with Crippen molar-refractivity contribution in [3.8, 4) is 0 Å². The molecule has 0 heterocycles. The number of hydrogen-bond donors (Lipinski definition) is 0. The van der Waals surface area contributed by atoms with Crippen LogP contribution in [0.3, 0.4) is 0 Å². The molecule has 0 rings (SSSR count). The van der Waals surface area contributed by atoms with Crippen LogP contribution in [0, 0.1) is 0 Å². The summed E-state index contributed by atoms with van der Waals surface area (Å²) in [7, 11) is 0. The van der Waals surface area contributed by atoms with Crippen molar-refractivity contribution in [1.29, 1.82) is 0 Å². The van der Waals surface area contributed by atoms with Gasteiger partial charge in [-0.05, 0) is 12.8 Å².